The molecule has 0 aliphatic heterocycles. The lowest BCUT2D eigenvalue weighted by atomic mass is 10.2. The minimum absolute atomic E-state index is 0.0367. The lowest BCUT2D eigenvalue weighted by Crippen LogP contribution is -2.36. The third-order valence-corrected chi connectivity index (χ3v) is 3.17. The van der Waals surface area contributed by atoms with Crippen LogP contribution in [0.25, 0.3) is 0 Å². The SMILES string of the molecule is CC[C@@H](O)c1ccc(N(CC(F)(F)F)C2CC2)cn1. The van der Waals surface area contributed by atoms with E-state index in [1.54, 1.807) is 12.1 Å². The number of aromatic nitrogens is 1. The molecule has 0 spiro atoms. The zero-order chi connectivity index (χ0) is 14.0. The van der Waals surface area contributed by atoms with Crippen LogP contribution in [-0.4, -0.2) is 28.9 Å². The van der Waals surface area contributed by atoms with Crippen LogP contribution in [0.15, 0.2) is 18.3 Å². The van der Waals surface area contributed by atoms with E-state index in [-0.39, 0.29) is 6.04 Å². The van der Waals surface area contributed by atoms with Gasteiger partial charge in [-0.3, -0.25) is 4.98 Å². The standard InChI is InChI=1S/C13H17F3N2O/c1-2-12(19)11-6-5-10(7-17-11)18(9-3-4-9)8-13(14,15)16/h5-7,9,12,19H,2-4,8H2,1H3/t12-/m1/s1. The molecule has 6 heteroatoms. The normalized spacial score (nSPS) is 17.3. The van der Waals surface area contributed by atoms with Crippen molar-refractivity contribution in [2.75, 3.05) is 11.4 Å². The number of nitrogens with zero attached hydrogens (tertiary/aromatic N) is 2. The predicted molar refractivity (Wildman–Crippen MR) is 65.9 cm³/mol. The first kappa shape index (κ1) is 14.1. The first-order valence-corrected chi connectivity index (χ1v) is 6.38. The van der Waals surface area contributed by atoms with Crippen molar-refractivity contribution in [3.63, 3.8) is 0 Å². The van der Waals surface area contributed by atoms with E-state index in [1.807, 2.05) is 6.92 Å². The van der Waals surface area contributed by atoms with Crippen molar-refractivity contribution in [3.8, 4) is 0 Å². The zero-order valence-corrected chi connectivity index (χ0v) is 10.7. The molecule has 1 aromatic heterocycles. The van der Waals surface area contributed by atoms with Crippen molar-refractivity contribution in [3.05, 3.63) is 24.0 Å². The topological polar surface area (TPSA) is 36.4 Å². The number of alkyl halides is 3. The van der Waals surface area contributed by atoms with Crippen LogP contribution in [0.1, 0.15) is 38.0 Å². The fraction of sp³-hybridized carbons (Fsp3) is 0.615. The Hall–Kier alpha value is -1.30. The van der Waals surface area contributed by atoms with Gasteiger partial charge in [0, 0.05) is 6.04 Å². The second kappa shape index (κ2) is 5.36. The summed E-state index contributed by atoms with van der Waals surface area (Å²) in [7, 11) is 0. The Kier molecular flexibility index (Phi) is 3.99. The molecule has 1 fully saturated rings. The fourth-order valence-electron chi connectivity index (χ4n) is 1.98. The molecule has 3 nitrogen and oxygen atoms in total. The lowest BCUT2D eigenvalue weighted by Gasteiger charge is -2.25. The highest BCUT2D eigenvalue weighted by Crippen LogP contribution is 2.34. The smallest absolute Gasteiger partial charge is 0.387 e. The van der Waals surface area contributed by atoms with Gasteiger partial charge in [0.05, 0.1) is 23.7 Å². The molecule has 1 saturated carbocycles. The Labute approximate surface area is 110 Å². The molecule has 1 N–H and O–H groups in total. The van der Waals surface area contributed by atoms with E-state index in [4.69, 9.17) is 0 Å². The molecule has 1 atom stereocenters. The monoisotopic (exact) mass is 274 g/mol. The van der Waals surface area contributed by atoms with Gasteiger partial charge in [-0.2, -0.15) is 13.2 Å². The van der Waals surface area contributed by atoms with Gasteiger partial charge in [-0.15, -0.1) is 0 Å². The minimum Gasteiger partial charge on any atom is -0.387 e. The number of aliphatic hydroxyl groups excluding tert-OH is 1. The quantitative estimate of drug-likeness (QED) is 0.896. The van der Waals surface area contributed by atoms with Crippen molar-refractivity contribution < 1.29 is 18.3 Å². The summed E-state index contributed by atoms with van der Waals surface area (Å²) in [6.07, 6.45) is -1.36. The Balaban J connectivity index is 2.13. The number of rotatable bonds is 5. The Morgan fingerprint density at radius 2 is 2.11 bits per heavy atom. The highest BCUT2D eigenvalue weighted by Gasteiger charge is 2.38. The van der Waals surface area contributed by atoms with E-state index in [1.165, 1.54) is 11.1 Å². The fourth-order valence-corrected chi connectivity index (χ4v) is 1.98. The molecule has 0 bridgehead atoms. The molecule has 1 aliphatic carbocycles. The second-order valence-electron chi connectivity index (χ2n) is 4.84. The molecule has 1 heterocycles. The van der Waals surface area contributed by atoms with Gasteiger partial charge in [-0.05, 0) is 31.4 Å². The number of hydrogen-bond donors (Lipinski definition) is 1. The highest BCUT2D eigenvalue weighted by molar-refractivity contribution is 5.47. The number of aliphatic hydroxyl groups is 1. The van der Waals surface area contributed by atoms with E-state index in [2.05, 4.69) is 4.98 Å². The first-order valence-electron chi connectivity index (χ1n) is 6.38. The first-order chi connectivity index (χ1) is 8.90. The third-order valence-electron chi connectivity index (χ3n) is 3.17. The second-order valence-corrected chi connectivity index (χ2v) is 4.84. The van der Waals surface area contributed by atoms with Crippen LogP contribution in [0, 0.1) is 0 Å². The van der Waals surface area contributed by atoms with Crippen LogP contribution in [0.4, 0.5) is 18.9 Å². The molecule has 0 saturated heterocycles. The van der Waals surface area contributed by atoms with Gasteiger partial charge < -0.3 is 10.0 Å². The van der Waals surface area contributed by atoms with Crippen molar-refractivity contribution >= 4 is 5.69 Å². The summed E-state index contributed by atoms with van der Waals surface area (Å²) in [5.41, 5.74) is 0.959. The summed E-state index contributed by atoms with van der Waals surface area (Å²) in [5, 5.41) is 9.61. The van der Waals surface area contributed by atoms with Gasteiger partial charge in [0.25, 0.3) is 0 Å². The molecule has 1 aromatic rings. The molecule has 1 aliphatic rings. The van der Waals surface area contributed by atoms with Crippen LogP contribution < -0.4 is 4.90 Å². The van der Waals surface area contributed by atoms with Gasteiger partial charge in [0.15, 0.2) is 0 Å². The molecular formula is C13H17F3N2O. The van der Waals surface area contributed by atoms with Crippen LogP contribution in [0.5, 0.6) is 0 Å². The van der Waals surface area contributed by atoms with E-state index < -0.39 is 18.8 Å². The van der Waals surface area contributed by atoms with Gasteiger partial charge in [0.2, 0.25) is 0 Å². The molecule has 0 unspecified atom stereocenters. The third kappa shape index (κ3) is 3.83. The average molecular weight is 274 g/mol. The Bertz CT molecular complexity index is 415. The van der Waals surface area contributed by atoms with Crippen LogP contribution in [-0.2, 0) is 0 Å². The van der Waals surface area contributed by atoms with Crippen molar-refractivity contribution in [2.45, 2.75) is 44.5 Å². The summed E-state index contributed by atoms with van der Waals surface area (Å²) < 4.78 is 37.6. The molecule has 0 aromatic carbocycles. The van der Waals surface area contributed by atoms with E-state index in [0.717, 1.165) is 12.8 Å². The van der Waals surface area contributed by atoms with Crippen molar-refractivity contribution in [1.82, 2.24) is 4.98 Å². The maximum atomic E-state index is 12.5. The molecule has 0 radical (unpaired) electrons. The van der Waals surface area contributed by atoms with Gasteiger partial charge in [0.1, 0.15) is 6.54 Å². The summed E-state index contributed by atoms with van der Waals surface area (Å²) >= 11 is 0. The van der Waals surface area contributed by atoms with E-state index in [0.29, 0.717) is 17.8 Å². The number of pyridine rings is 1. The van der Waals surface area contributed by atoms with Gasteiger partial charge in [-0.1, -0.05) is 6.92 Å². The van der Waals surface area contributed by atoms with Crippen LogP contribution in [0.2, 0.25) is 0 Å². The van der Waals surface area contributed by atoms with Crippen LogP contribution >= 0.6 is 0 Å². The molecule has 19 heavy (non-hydrogen) atoms. The number of anilines is 1. The van der Waals surface area contributed by atoms with Crippen molar-refractivity contribution in [2.24, 2.45) is 0 Å². The summed E-state index contributed by atoms with van der Waals surface area (Å²) in [6, 6.07) is 3.16. The minimum atomic E-state index is -4.22. The van der Waals surface area contributed by atoms with Crippen molar-refractivity contribution in [1.29, 1.82) is 0 Å². The maximum Gasteiger partial charge on any atom is 0.405 e. The van der Waals surface area contributed by atoms with E-state index >= 15 is 0 Å². The Morgan fingerprint density at radius 3 is 2.53 bits per heavy atom. The average Bonchev–Trinajstić information content (AvgIpc) is 3.18. The maximum absolute atomic E-state index is 12.5. The molecular weight excluding hydrogens is 257 g/mol. The lowest BCUT2D eigenvalue weighted by molar-refractivity contribution is -0.120. The highest BCUT2D eigenvalue weighted by atomic mass is 19.4. The Morgan fingerprint density at radius 1 is 1.42 bits per heavy atom. The predicted octanol–water partition coefficient (Wildman–Crippen LogP) is 3.06. The zero-order valence-electron chi connectivity index (χ0n) is 10.7. The number of hydrogen-bond acceptors (Lipinski definition) is 3. The molecule has 2 rings (SSSR count). The van der Waals surface area contributed by atoms with Gasteiger partial charge in [-0.25, -0.2) is 0 Å². The summed E-state index contributed by atoms with van der Waals surface area (Å²) in [5.74, 6) is 0. The number of halogens is 3. The molecule has 106 valence electrons. The summed E-state index contributed by atoms with van der Waals surface area (Å²) in [6.45, 7) is 0.870. The van der Waals surface area contributed by atoms with Crippen LogP contribution in [0.3, 0.4) is 0 Å². The van der Waals surface area contributed by atoms with E-state index in [9.17, 15) is 18.3 Å². The molecule has 0 amide bonds. The summed E-state index contributed by atoms with van der Waals surface area (Å²) in [4.78, 5) is 5.39. The largest absolute Gasteiger partial charge is 0.405 e. The van der Waals surface area contributed by atoms with Gasteiger partial charge >= 0.3 is 6.18 Å².